The maximum Gasteiger partial charge on any atom is 0.253 e. The molecule has 0 radical (unpaired) electrons. The number of aliphatic hydroxyl groups excluding tert-OH is 1. The van der Waals surface area contributed by atoms with E-state index in [1.807, 2.05) is 23.1 Å². The number of rotatable bonds is 4. The molecule has 150 valence electrons. The molecule has 0 bridgehead atoms. The first-order chi connectivity index (χ1) is 14.2. The summed E-state index contributed by atoms with van der Waals surface area (Å²) in [5, 5.41) is 15.1. The molecule has 0 unspecified atom stereocenters. The predicted octanol–water partition coefficient (Wildman–Crippen LogP) is 3.45. The Morgan fingerprint density at radius 3 is 2.28 bits per heavy atom. The summed E-state index contributed by atoms with van der Waals surface area (Å²) in [6, 6.07) is 14.2. The lowest BCUT2D eigenvalue weighted by Crippen LogP contribution is -2.35. The quantitative estimate of drug-likeness (QED) is 0.682. The van der Waals surface area contributed by atoms with E-state index in [0.717, 1.165) is 44.9 Å². The standard InChI is InChI=1S/C21H19N3O3.CH4O/c25-14-15-5-4-6-18(13-15)20-23-22-19(27-20)16-7-9-17(10-8-16)21(26)24-11-2-1-3-12-24;1-2/h4-10,13-14H,1-3,11-12H2;2H,1H3. The van der Waals surface area contributed by atoms with E-state index >= 15 is 0 Å². The molecule has 1 amide bonds. The second-order valence-corrected chi connectivity index (χ2v) is 6.59. The summed E-state index contributed by atoms with van der Waals surface area (Å²) in [5.41, 5.74) is 2.65. The summed E-state index contributed by atoms with van der Waals surface area (Å²) in [6.07, 6.45) is 4.11. The van der Waals surface area contributed by atoms with Crippen LogP contribution in [0.25, 0.3) is 22.9 Å². The zero-order valence-corrected chi connectivity index (χ0v) is 16.2. The predicted molar refractivity (Wildman–Crippen MR) is 108 cm³/mol. The van der Waals surface area contributed by atoms with Crippen molar-refractivity contribution in [2.75, 3.05) is 20.2 Å². The van der Waals surface area contributed by atoms with E-state index in [9.17, 15) is 9.59 Å². The van der Waals surface area contributed by atoms with Gasteiger partial charge in [0.2, 0.25) is 11.8 Å². The van der Waals surface area contributed by atoms with Crippen LogP contribution in [0.4, 0.5) is 0 Å². The van der Waals surface area contributed by atoms with Crippen LogP contribution < -0.4 is 0 Å². The van der Waals surface area contributed by atoms with Crippen molar-refractivity contribution in [3.8, 4) is 22.9 Å². The molecule has 7 nitrogen and oxygen atoms in total. The average Bonchev–Trinajstić information content (AvgIpc) is 3.31. The Morgan fingerprint density at radius 1 is 0.966 bits per heavy atom. The molecule has 2 aromatic carbocycles. The smallest absolute Gasteiger partial charge is 0.253 e. The minimum Gasteiger partial charge on any atom is -0.416 e. The van der Waals surface area contributed by atoms with Gasteiger partial charge in [-0.2, -0.15) is 0 Å². The lowest BCUT2D eigenvalue weighted by atomic mass is 10.1. The van der Waals surface area contributed by atoms with Crippen molar-refractivity contribution in [2.24, 2.45) is 0 Å². The number of nitrogens with zero attached hydrogens (tertiary/aromatic N) is 3. The number of aromatic nitrogens is 2. The first-order valence-electron chi connectivity index (χ1n) is 9.48. The van der Waals surface area contributed by atoms with Crippen LogP contribution in [-0.2, 0) is 0 Å². The van der Waals surface area contributed by atoms with Crippen molar-refractivity contribution in [1.29, 1.82) is 0 Å². The van der Waals surface area contributed by atoms with E-state index in [1.165, 1.54) is 6.42 Å². The highest BCUT2D eigenvalue weighted by molar-refractivity contribution is 5.94. The summed E-state index contributed by atoms with van der Waals surface area (Å²) < 4.78 is 5.74. The maximum atomic E-state index is 12.5. The third kappa shape index (κ3) is 4.75. The summed E-state index contributed by atoms with van der Waals surface area (Å²) in [5.74, 6) is 0.791. The van der Waals surface area contributed by atoms with Crippen LogP contribution >= 0.6 is 0 Å². The molecular formula is C22H23N3O4. The van der Waals surface area contributed by atoms with Gasteiger partial charge in [-0.15, -0.1) is 10.2 Å². The Kier molecular flexibility index (Phi) is 6.86. The molecular weight excluding hydrogens is 370 g/mol. The van der Waals surface area contributed by atoms with Gasteiger partial charge in [0.1, 0.15) is 6.29 Å². The number of benzene rings is 2. The van der Waals surface area contributed by atoms with Gasteiger partial charge in [0, 0.05) is 42.5 Å². The Labute approximate surface area is 169 Å². The normalized spacial score (nSPS) is 13.4. The van der Waals surface area contributed by atoms with Crippen molar-refractivity contribution in [1.82, 2.24) is 15.1 Å². The first-order valence-corrected chi connectivity index (χ1v) is 9.48. The number of carbonyl (C=O) groups excluding carboxylic acids is 2. The van der Waals surface area contributed by atoms with Gasteiger partial charge in [0.05, 0.1) is 0 Å². The highest BCUT2D eigenvalue weighted by Gasteiger charge is 2.18. The Morgan fingerprint density at radius 2 is 1.62 bits per heavy atom. The minimum atomic E-state index is 0.0677. The van der Waals surface area contributed by atoms with Gasteiger partial charge in [-0.3, -0.25) is 9.59 Å². The Hall–Kier alpha value is -3.32. The molecule has 1 N–H and O–H groups in total. The lowest BCUT2D eigenvalue weighted by molar-refractivity contribution is 0.0724. The second kappa shape index (κ2) is 9.75. The molecule has 0 saturated carbocycles. The lowest BCUT2D eigenvalue weighted by Gasteiger charge is -2.26. The molecule has 1 aromatic heterocycles. The molecule has 0 spiro atoms. The van der Waals surface area contributed by atoms with Gasteiger partial charge < -0.3 is 14.4 Å². The van der Waals surface area contributed by atoms with Crippen LogP contribution in [-0.4, -0.2) is 52.6 Å². The Balaban J connectivity index is 0.00000117. The van der Waals surface area contributed by atoms with Crippen molar-refractivity contribution in [3.05, 3.63) is 59.7 Å². The topological polar surface area (TPSA) is 96.5 Å². The highest BCUT2D eigenvalue weighted by atomic mass is 16.4. The summed E-state index contributed by atoms with van der Waals surface area (Å²) in [4.78, 5) is 25.4. The number of amides is 1. The fourth-order valence-corrected chi connectivity index (χ4v) is 3.24. The van der Waals surface area contributed by atoms with Crippen molar-refractivity contribution in [3.63, 3.8) is 0 Å². The molecule has 2 heterocycles. The zero-order valence-electron chi connectivity index (χ0n) is 16.2. The number of likely N-dealkylation sites (tertiary alicyclic amines) is 1. The molecule has 0 atom stereocenters. The molecule has 29 heavy (non-hydrogen) atoms. The van der Waals surface area contributed by atoms with Gasteiger partial charge in [-0.1, -0.05) is 12.1 Å². The van der Waals surface area contributed by atoms with Crippen molar-refractivity contribution in [2.45, 2.75) is 19.3 Å². The molecule has 3 aromatic rings. The van der Waals surface area contributed by atoms with Crippen LogP contribution in [0.15, 0.2) is 52.9 Å². The van der Waals surface area contributed by atoms with Gasteiger partial charge in [0.25, 0.3) is 5.91 Å². The number of aldehydes is 1. The third-order valence-electron chi connectivity index (χ3n) is 4.72. The zero-order chi connectivity index (χ0) is 20.6. The average molecular weight is 393 g/mol. The number of piperidine rings is 1. The molecule has 1 fully saturated rings. The van der Waals surface area contributed by atoms with E-state index in [-0.39, 0.29) is 5.91 Å². The maximum absolute atomic E-state index is 12.5. The number of hydrogen-bond donors (Lipinski definition) is 1. The van der Waals surface area contributed by atoms with E-state index in [4.69, 9.17) is 9.52 Å². The fourth-order valence-electron chi connectivity index (χ4n) is 3.24. The number of aliphatic hydroxyl groups is 1. The molecule has 7 heteroatoms. The van der Waals surface area contributed by atoms with Gasteiger partial charge in [0.15, 0.2) is 0 Å². The summed E-state index contributed by atoms with van der Waals surface area (Å²) in [6.45, 7) is 1.65. The number of carbonyl (C=O) groups is 2. The van der Waals surface area contributed by atoms with Crippen molar-refractivity contribution >= 4 is 12.2 Å². The summed E-state index contributed by atoms with van der Waals surface area (Å²) >= 11 is 0. The second-order valence-electron chi connectivity index (χ2n) is 6.59. The molecule has 1 aliphatic heterocycles. The minimum absolute atomic E-state index is 0.0677. The van der Waals surface area contributed by atoms with Crippen LogP contribution in [0.2, 0.25) is 0 Å². The van der Waals surface area contributed by atoms with Crippen LogP contribution in [0.1, 0.15) is 40.0 Å². The van der Waals surface area contributed by atoms with E-state index in [0.29, 0.717) is 28.5 Å². The third-order valence-corrected chi connectivity index (χ3v) is 4.72. The van der Waals surface area contributed by atoms with Crippen LogP contribution in [0.3, 0.4) is 0 Å². The fraction of sp³-hybridized carbons (Fsp3) is 0.273. The van der Waals surface area contributed by atoms with E-state index < -0.39 is 0 Å². The monoisotopic (exact) mass is 393 g/mol. The van der Waals surface area contributed by atoms with Crippen molar-refractivity contribution < 1.29 is 19.1 Å². The van der Waals surface area contributed by atoms with Gasteiger partial charge >= 0.3 is 0 Å². The Bertz CT molecular complexity index is 960. The molecule has 1 aliphatic rings. The van der Waals surface area contributed by atoms with Crippen LogP contribution in [0.5, 0.6) is 0 Å². The van der Waals surface area contributed by atoms with Gasteiger partial charge in [-0.25, -0.2) is 0 Å². The van der Waals surface area contributed by atoms with Crippen LogP contribution in [0, 0.1) is 0 Å². The molecule has 1 saturated heterocycles. The number of hydrogen-bond acceptors (Lipinski definition) is 6. The van der Waals surface area contributed by atoms with Gasteiger partial charge in [-0.05, 0) is 55.7 Å². The SMILES string of the molecule is CO.O=Cc1cccc(-c2nnc(-c3ccc(C(=O)N4CCCCC4)cc3)o2)c1. The van der Waals surface area contributed by atoms with E-state index in [2.05, 4.69) is 10.2 Å². The first kappa shape index (κ1) is 20.4. The highest BCUT2D eigenvalue weighted by Crippen LogP contribution is 2.25. The summed E-state index contributed by atoms with van der Waals surface area (Å²) in [7, 11) is 1.00. The van der Waals surface area contributed by atoms with E-state index in [1.54, 1.807) is 30.3 Å². The molecule has 4 rings (SSSR count). The molecule has 0 aliphatic carbocycles. The largest absolute Gasteiger partial charge is 0.416 e.